The Balaban J connectivity index is 1.73. The van der Waals surface area contributed by atoms with Crippen molar-refractivity contribution in [1.29, 1.82) is 0 Å². The van der Waals surface area contributed by atoms with E-state index in [0.29, 0.717) is 19.6 Å². The molecule has 2 aromatic rings. The second kappa shape index (κ2) is 7.96. The molecule has 0 radical (unpaired) electrons. The SMILES string of the molecule is COC(=O)c1sccc1S(=O)(=O)N1CCCN(Cc2ccsc2)CC1. The van der Waals surface area contributed by atoms with Crippen LogP contribution in [0.25, 0.3) is 0 Å². The van der Waals surface area contributed by atoms with Crippen molar-refractivity contribution in [2.24, 2.45) is 0 Å². The Hall–Kier alpha value is -1.26. The topological polar surface area (TPSA) is 66.9 Å². The van der Waals surface area contributed by atoms with Gasteiger partial charge < -0.3 is 4.74 Å². The highest BCUT2D eigenvalue weighted by Crippen LogP contribution is 2.27. The van der Waals surface area contributed by atoms with Crippen LogP contribution in [0.5, 0.6) is 0 Å². The van der Waals surface area contributed by atoms with E-state index in [0.717, 1.165) is 30.8 Å². The minimum atomic E-state index is -3.69. The third-order valence-corrected chi connectivity index (χ3v) is 7.85. The van der Waals surface area contributed by atoms with Gasteiger partial charge >= 0.3 is 5.97 Å². The monoisotopic (exact) mass is 400 g/mol. The number of methoxy groups -OCH3 is 1. The number of carbonyl (C=O) groups is 1. The number of carbonyl (C=O) groups excluding carboxylic acids is 1. The molecule has 0 saturated carbocycles. The van der Waals surface area contributed by atoms with Gasteiger partial charge in [-0.3, -0.25) is 4.90 Å². The Bertz CT molecular complexity index is 814. The number of hydrogen-bond donors (Lipinski definition) is 0. The second-order valence-corrected chi connectivity index (χ2v) is 9.37. The molecule has 0 bridgehead atoms. The molecule has 1 aliphatic heterocycles. The maximum atomic E-state index is 13.0. The summed E-state index contributed by atoms with van der Waals surface area (Å²) >= 11 is 2.76. The normalized spacial score (nSPS) is 17.3. The van der Waals surface area contributed by atoms with Crippen molar-refractivity contribution >= 4 is 38.7 Å². The molecule has 6 nitrogen and oxygen atoms in total. The fourth-order valence-electron chi connectivity index (χ4n) is 2.87. The smallest absolute Gasteiger partial charge is 0.349 e. The van der Waals surface area contributed by atoms with E-state index >= 15 is 0 Å². The van der Waals surface area contributed by atoms with Crippen LogP contribution in [0.3, 0.4) is 0 Å². The standard InChI is InChI=1S/C16H20N2O4S3/c1-22-16(19)15-14(4-10-24-15)25(20,21)18-6-2-5-17(7-8-18)11-13-3-9-23-12-13/h3-4,9-10,12H,2,5-8,11H2,1H3. The van der Waals surface area contributed by atoms with Gasteiger partial charge in [-0.2, -0.15) is 15.6 Å². The molecule has 0 amide bonds. The fourth-order valence-corrected chi connectivity index (χ4v) is 6.31. The van der Waals surface area contributed by atoms with E-state index in [1.165, 1.54) is 23.0 Å². The lowest BCUT2D eigenvalue weighted by Gasteiger charge is -2.21. The molecule has 0 aliphatic carbocycles. The number of esters is 1. The van der Waals surface area contributed by atoms with Gasteiger partial charge in [0, 0.05) is 26.2 Å². The van der Waals surface area contributed by atoms with Crippen LogP contribution in [0.1, 0.15) is 21.7 Å². The van der Waals surface area contributed by atoms with Crippen LogP contribution in [0.15, 0.2) is 33.2 Å². The summed E-state index contributed by atoms with van der Waals surface area (Å²) in [5.41, 5.74) is 1.26. The maximum Gasteiger partial charge on any atom is 0.349 e. The first-order valence-electron chi connectivity index (χ1n) is 7.92. The van der Waals surface area contributed by atoms with E-state index in [-0.39, 0.29) is 9.77 Å². The van der Waals surface area contributed by atoms with Crippen molar-refractivity contribution in [3.63, 3.8) is 0 Å². The molecule has 0 atom stereocenters. The zero-order valence-corrected chi connectivity index (χ0v) is 16.3. The van der Waals surface area contributed by atoms with Gasteiger partial charge in [0.25, 0.3) is 0 Å². The Labute approximate surface area is 155 Å². The van der Waals surface area contributed by atoms with Gasteiger partial charge in [-0.25, -0.2) is 13.2 Å². The molecule has 3 heterocycles. The molecule has 9 heteroatoms. The van der Waals surface area contributed by atoms with E-state index in [4.69, 9.17) is 4.74 Å². The minimum Gasteiger partial charge on any atom is -0.465 e. The predicted molar refractivity (Wildman–Crippen MR) is 98.6 cm³/mol. The highest BCUT2D eigenvalue weighted by Gasteiger charge is 2.31. The lowest BCUT2D eigenvalue weighted by Crippen LogP contribution is -2.35. The Kier molecular flexibility index (Phi) is 5.90. The number of hydrogen-bond acceptors (Lipinski definition) is 7. The Morgan fingerprint density at radius 1 is 1.20 bits per heavy atom. The lowest BCUT2D eigenvalue weighted by molar-refractivity contribution is 0.0602. The Morgan fingerprint density at radius 3 is 2.76 bits per heavy atom. The molecular weight excluding hydrogens is 380 g/mol. The first-order valence-corrected chi connectivity index (χ1v) is 11.2. The molecule has 3 rings (SSSR count). The van der Waals surface area contributed by atoms with Crippen LogP contribution >= 0.6 is 22.7 Å². The van der Waals surface area contributed by atoms with Crippen LogP contribution in [0.4, 0.5) is 0 Å². The molecule has 25 heavy (non-hydrogen) atoms. The number of thiophene rings is 2. The first kappa shape index (κ1) is 18.5. The van der Waals surface area contributed by atoms with Crippen LogP contribution in [0.2, 0.25) is 0 Å². The third kappa shape index (κ3) is 4.12. The van der Waals surface area contributed by atoms with E-state index in [2.05, 4.69) is 21.7 Å². The maximum absolute atomic E-state index is 13.0. The summed E-state index contributed by atoms with van der Waals surface area (Å²) in [6, 6.07) is 3.58. The van der Waals surface area contributed by atoms with E-state index in [1.54, 1.807) is 16.7 Å². The first-order chi connectivity index (χ1) is 12.0. The zero-order valence-electron chi connectivity index (χ0n) is 13.9. The quantitative estimate of drug-likeness (QED) is 0.722. The van der Waals surface area contributed by atoms with Crippen molar-refractivity contribution in [2.75, 3.05) is 33.3 Å². The highest BCUT2D eigenvalue weighted by molar-refractivity contribution is 7.89. The summed E-state index contributed by atoms with van der Waals surface area (Å²) in [7, 11) is -2.44. The van der Waals surface area contributed by atoms with Gasteiger partial charge in [-0.05, 0) is 46.8 Å². The zero-order chi connectivity index (χ0) is 17.9. The number of sulfonamides is 1. The van der Waals surface area contributed by atoms with Crippen molar-refractivity contribution in [1.82, 2.24) is 9.21 Å². The summed E-state index contributed by atoms with van der Waals surface area (Å²) in [4.78, 5) is 14.3. The largest absolute Gasteiger partial charge is 0.465 e. The van der Waals surface area contributed by atoms with Gasteiger partial charge in [-0.1, -0.05) is 0 Å². The molecule has 2 aromatic heterocycles. The molecular formula is C16H20N2O4S3. The summed E-state index contributed by atoms with van der Waals surface area (Å²) in [6.45, 7) is 3.24. The van der Waals surface area contributed by atoms with E-state index < -0.39 is 16.0 Å². The van der Waals surface area contributed by atoms with Gasteiger partial charge in [0.05, 0.1) is 7.11 Å². The molecule has 1 fully saturated rings. The third-order valence-electron chi connectivity index (χ3n) is 4.15. The predicted octanol–water partition coefficient (Wildman–Crippen LogP) is 2.49. The van der Waals surface area contributed by atoms with Crippen molar-refractivity contribution in [3.05, 3.63) is 38.7 Å². The molecule has 1 saturated heterocycles. The number of rotatable bonds is 5. The molecule has 136 valence electrons. The molecule has 1 aliphatic rings. The van der Waals surface area contributed by atoms with Crippen LogP contribution < -0.4 is 0 Å². The van der Waals surface area contributed by atoms with Crippen LogP contribution in [-0.2, 0) is 21.3 Å². The lowest BCUT2D eigenvalue weighted by atomic mass is 10.3. The molecule has 0 unspecified atom stereocenters. The second-order valence-electron chi connectivity index (χ2n) is 5.77. The number of nitrogens with zero attached hydrogens (tertiary/aromatic N) is 2. The van der Waals surface area contributed by atoms with Gasteiger partial charge in [0.1, 0.15) is 9.77 Å². The van der Waals surface area contributed by atoms with Crippen LogP contribution in [0, 0.1) is 0 Å². The van der Waals surface area contributed by atoms with Crippen molar-refractivity contribution in [2.45, 2.75) is 17.9 Å². The van der Waals surface area contributed by atoms with Gasteiger partial charge in [0.15, 0.2) is 0 Å². The summed E-state index contributed by atoms with van der Waals surface area (Å²) in [5.74, 6) is -0.609. The molecule has 0 spiro atoms. The van der Waals surface area contributed by atoms with Gasteiger partial charge in [-0.15, -0.1) is 11.3 Å². The van der Waals surface area contributed by atoms with Gasteiger partial charge in [0.2, 0.25) is 10.0 Å². The molecule has 0 N–H and O–H groups in total. The van der Waals surface area contributed by atoms with Crippen molar-refractivity contribution in [3.8, 4) is 0 Å². The Morgan fingerprint density at radius 2 is 2.04 bits per heavy atom. The summed E-state index contributed by atoms with van der Waals surface area (Å²) < 4.78 is 32.1. The summed E-state index contributed by atoms with van der Waals surface area (Å²) in [5, 5.41) is 5.78. The fraction of sp³-hybridized carbons (Fsp3) is 0.438. The average Bonchev–Trinajstić information content (AvgIpc) is 3.23. The van der Waals surface area contributed by atoms with E-state index in [1.807, 2.05) is 0 Å². The van der Waals surface area contributed by atoms with E-state index in [9.17, 15) is 13.2 Å². The number of ether oxygens (including phenoxy) is 1. The van der Waals surface area contributed by atoms with Crippen LogP contribution in [-0.4, -0.2) is 56.9 Å². The average molecular weight is 401 g/mol. The highest BCUT2D eigenvalue weighted by atomic mass is 32.2. The molecule has 0 aromatic carbocycles. The van der Waals surface area contributed by atoms with Crippen molar-refractivity contribution < 1.29 is 17.9 Å². The summed E-state index contributed by atoms with van der Waals surface area (Å²) in [6.07, 6.45) is 0.765. The minimum absolute atomic E-state index is 0.0515.